The van der Waals surface area contributed by atoms with Gasteiger partial charge in [0.05, 0.1) is 69.4 Å². The Hall–Kier alpha value is 1.58. The van der Waals surface area contributed by atoms with Crippen molar-refractivity contribution in [3.63, 3.8) is 0 Å². The topological polar surface area (TPSA) is 52.6 Å². The zero-order valence-electron chi connectivity index (χ0n) is 18.6. The van der Waals surface area contributed by atoms with Crippen LogP contribution >= 0.6 is 143 Å². The van der Waals surface area contributed by atoms with E-state index in [0.29, 0.717) is 24.3 Å². The Morgan fingerprint density at radius 2 is 1.06 bits per heavy atom. The summed E-state index contributed by atoms with van der Waals surface area (Å²) in [5.41, 5.74) is 0. The summed E-state index contributed by atoms with van der Waals surface area (Å²) in [4.78, 5) is 23.0. The van der Waals surface area contributed by atoms with E-state index in [4.69, 9.17) is 9.47 Å². The lowest BCUT2D eigenvalue weighted by molar-refractivity contribution is -0.140. The van der Waals surface area contributed by atoms with Crippen LogP contribution in [0.1, 0.15) is 12.8 Å². The molecular formula is C20H18O4S12. The molecule has 0 fully saturated rings. The number of allylic oxidation sites excluding steroid dienone is 2. The van der Waals surface area contributed by atoms with Crippen molar-refractivity contribution >= 4 is 155 Å². The molecule has 4 aliphatic rings. The minimum absolute atomic E-state index is 0.206. The third-order valence-corrected chi connectivity index (χ3v) is 19.2. The molecule has 0 atom stereocenters. The van der Waals surface area contributed by atoms with Crippen LogP contribution in [0, 0.1) is 0 Å². The zero-order valence-corrected chi connectivity index (χ0v) is 28.5. The summed E-state index contributed by atoms with van der Waals surface area (Å²) >= 11 is 26.4. The summed E-state index contributed by atoms with van der Waals surface area (Å²) in [5.74, 6) is 0.913. The monoisotopic (exact) mass is 706 g/mol. The Morgan fingerprint density at radius 3 is 1.50 bits per heavy atom. The number of rotatable bonds is 9. The Bertz CT molecular complexity index is 1060. The fourth-order valence-electron chi connectivity index (χ4n) is 2.45. The molecule has 0 saturated carbocycles. The van der Waals surface area contributed by atoms with Crippen molar-refractivity contribution < 1.29 is 19.1 Å². The number of carbonyl (C=O) groups is 2. The molecule has 16 heteroatoms. The van der Waals surface area contributed by atoms with Gasteiger partial charge in [0.15, 0.2) is 0 Å². The summed E-state index contributed by atoms with van der Waals surface area (Å²) in [7, 11) is 2.82. The second-order valence-corrected chi connectivity index (χ2v) is 20.5. The molecule has 0 amide bonds. The lowest BCUT2D eigenvalue weighted by Gasteiger charge is -2.04. The third kappa shape index (κ3) is 8.54. The van der Waals surface area contributed by atoms with Crippen LogP contribution in [0.25, 0.3) is 0 Å². The van der Waals surface area contributed by atoms with Crippen LogP contribution in [0.5, 0.6) is 0 Å². The minimum atomic E-state index is -0.206. The molecule has 4 aliphatic heterocycles. The zero-order chi connectivity index (χ0) is 25.7. The van der Waals surface area contributed by atoms with Crippen LogP contribution in [0.2, 0.25) is 0 Å². The number of thiol groups is 2. The van der Waals surface area contributed by atoms with Gasteiger partial charge in [-0.2, -0.15) is 0 Å². The predicted octanol–water partition coefficient (Wildman–Crippen LogP) is 9.55. The van der Waals surface area contributed by atoms with Crippen molar-refractivity contribution in [1.29, 1.82) is 0 Å². The van der Waals surface area contributed by atoms with E-state index in [0.717, 1.165) is 8.47 Å². The van der Waals surface area contributed by atoms with Crippen LogP contribution < -0.4 is 0 Å². The molecule has 194 valence electrons. The van der Waals surface area contributed by atoms with Crippen LogP contribution in [0.3, 0.4) is 0 Å². The lowest BCUT2D eigenvalue weighted by Crippen LogP contribution is -2.01. The number of ether oxygens (including phenoxy) is 2. The van der Waals surface area contributed by atoms with Gasteiger partial charge < -0.3 is 9.47 Å². The van der Waals surface area contributed by atoms with Gasteiger partial charge in [0.2, 0.25) is 0 Å². The molecule has 0 unspecified atom stereocenters. The molecule has 0 aromatic carbocycles. The Balaban J connectivity index is 1.32. The highest BCUT2D eigenvalue weighted by Crippen LogP contribution is 2.70. The molecule has 36 heavy (non-hydrogen) atoms. The second kappa shape index (κ2) is 15.0. The van der Waals surface area contributed by atoms with E-state index < -0.39 is 0 Å². The molecule has 0 aliphatic carbocycles. The Morgan fingerprint density at radius 1 is 0.667 bits per heavy atom. The molecule has 4 heterocycles. The molecule has 4 nitrogen and oxygen atoms in total. The fourth-order valence-corrected chi connectivity index (χ4v) is 17.7. The van der Waals surface area contributed by atoms with Gasteiger partial charge in [-0.25, -0.2) is 0 Å². The van der Waals surface area contributed by atoms with Gasteiger partial charge in [-0.3, -0.25) is 9.59 Å². The Labute approximate surface area is 264 Å². The number of hydrogen-bond donors (Lipinski definition) is 2. The highest BCUT2D eigenvalue weighted by molar-refractivity contribution is 8.49. The van der Waals surface area contributed by atoms with Crippen LogP contribution in [0.4, 0.5) is 0 Å². The van der Waals surface area contributed by atoms with Gasteiger partial charge in [0.25, 0.3) is 0 Å². The lowest BCUT2D eigenvalue weighted by atomic mass is 10.5. The van der Waals surface area contributed by atoms with Crippen molar-refractivity contribution in [3.05, 3.63) is 54.5 Å². The first-order valence-electron chi connectivity index (χ1n) is 9.95. The van der Waals surface area contributed by atoms with Crippen molar-refractivity contribution in [2.75, 3.05) is 25.7 Å². The number of hydrogen-bond acceptors (Lipinski definition) is 16. The Kier molecular flexibility index (Phi) is 12.7. The third-order valence-electron chi connectivity index (χ3n) is 4.10. The summed E-state index contributed by atoms with van der Waals surface area (Å²) in [6.45, 7) is 0. The average molecular weight is 707 g/mol. The summed E-state index contributed by atoms with van der Waals surface area (Å²) in [6.07, 6.45) is 5.10. The highest BCUT2D eigenvalue weighted by atomic mass is 32.3. The van der Waals surface area contributed by atoms with Gasteiger partial charge >= 0.3 is 11.9 Å². The number of carbonyl (C=O) groups excluding carboxylic acids is 2. The maximum absolute atomic E-state index is 11.5. The fraction of sp³-hybridized carbons (Fsp3) is 0.300. The number of esters is 2. The largest absolute Gasteiger partial charge is 0.469 e. The highest BCUT2D eigenvalue weighted by Gasteiger charge is 2.33. The maximum Gasteiger partial charge on any atom is 0.306 e. The molecule has 0 bridgehead atoms. The normalized spacial score (nSPS) is 19.7. The first-order chi connectivity index (χ1) is 17.4. The molecule has 0 spiro atoms. The van der Waals surface area contributed by atoms with Crippen molar-refractivity contribution in [2.24, 2.45) is 0 Å². The van der Waals surface area contributed by atoms with Gasteiger partial charge in [-0.15, -0.1) is 48.8 Å². The standard InChI is InChI=1S/C20H18O4S12/c1-23-9(21)5-7-27-15-16(28-8-6-10(22)24-2)30-11(29-15)3-4-12-31-17-18(32-12)36-20(35-17)19-33-13(25)14(26)34-19/h3-4,25-26H,5-8H2,1-2H3. The average Bonchev–Trinajstić information content (AvgIpc) is 3.61. The smallest absolute Gasteiger partial charge is 0.306 e. The van der Waals surface area contributed by atoms with E-state index in [1.165, 1.54) is 48.1 Å². The predicted molar refractivity (Wildman–Crippen MR) is 181 cm³/mol. The molecule has 0 aromatic rings. The quantitative estimate of drug-likeness (QED) is 0.177. The first kappa shape index (κ1) is 30.5. The van der Waals surface area contributed by atoms with E-state index in [1.54, 1.807) is 70.6 Å². The van der Waals surface area contributed by atoms with Crippen LogP contribution in [-0.2, 0) is 19.1 Å². The van der Waals surface area contributed by atoms with Crippen LogP contribution in [-0.4, -0.2) is 37.7 Å². The van der Waals surface area contributed by atoms with E-state index >= 15 is 0 Å². The molecular weight excluding hydrogens is 689 g/mol. The van der Waals surface area contributed by atoms with Crippen molar-refractivity contribution in [2.45, 2.75) is 12.8 Å². The number of methoxy groups -OCH3 is 2. The molecule has 0 radical (unpaired) electrons. The molecule has 0 saturated heterocycles. The van der Waals surface area contributed by atoms with Crippen molar-refractivity contribution in [1.82, 2.24) is 0 Å². The molecule has 0 N–H and O–H groups in total. The first-order valence-corrected chi connectivity index (χ1v) is 19.3. The van der Waals surface area contributed by atoms with E-state index in [1.807, 2.05) is 47.0 Å². The van der Waals surface area contributed by atoms with Gasteiger partial charge in [0, 0.05) is 11.5 Å². The van der Waals surface area contributed by atoms with Gasteiger partial charge in [-0.1, -0.05) is 94.1 Å². The van der Waals surface area contributed by atoms with Gasteiger partial charge in [-0.05, 0) is 12.2 Å². The van der Waals surface area contributed by atoms with Crippen molar-refractivity contribution in [3.8, 4) is 0 Å². The maximum atomic E-state index is 11.5. The summed E-state index contributed by atoms with van der Waals surface area (Å²) in [6, 6.07) is 0. The summed E-state index contributed by atoms with van der Waals surface area (Å²) in [5, 5.41) is 0. The summed E-state index contributed by atoms with van der Waals surface area (Å²) < 4.78 is 21.5. The minimum Gasteiger partial charge on any atom is -0.469 e. The molecule has 0 aromatic heterocycles. The van der Waals surface area contributed by atoms with Gasteiger partial charge in [0.1, 0.15) is 0 Å². The van der Waals surface area contributed by atoms with E-state index in [2.05, 4.69) is 37.4 Å². The van der Waals surface area contributed by atoms with E-state index in [-0.39, 0.29) is 11.9 Å². The second-order valence-electron chi connectivity index (χ2n) is 6.47. The van der Waals surface area contributed by atoms with Crippen LogP contribution in [0.15, 0.2) is 54.5 Å². The molecule has 4 rings (SSSR count). The number of thioether (sulfide) groups is 10. The van der Waals surface area contributed by atoms with E-state index in [9.17, 15) is 9.59 Å². The SMILES string of the molecule is COC(=O)CCSC1=C(SCCC(=O)OC)SC(=CC=C2SC3=C(S2)SC(=C2SC(S)=C(S)S2)S3)S1.